The van der Waals surface area contributed by atoms with Crippen molar-refractivity contribution in [3.05, 3.63) is 17.6 Å². The molecule has 1 heterocycles. The third-order valence-electron chi connectivity index (χ3n) is 5.47. The molecule has 0 radical (unpaired) electrons. The van der Waals surface area contributed by atoms with Gasteiger partial charge in [-0.15, -0.1) is 0 Å². The molecule has 3 rings (SSSR count). The molecule has 2 aliphatic carbocycles. The van der Waals surface area contributed by atoms with Crippen molar-refractivity contribution in [3.8, 4) is 0 Å². The summed E-state index contributed by atoms with van der Waals surface area (Å²) < 4.78 is 0. The lowest BCUT2D eigenvalue weighted by Gasteiger charge is -2.19. The number of aryl methyl sites for hydroxylation is 1. The average Bonchev–Trinajstić information content (AvgIpc) is 2.99. The molecule has 2 aliphatic rings. The zero-order valence-corrected chi connectivity index (χ0v) is 15.5. The van der Waals surface area contributed by atoms with Gasteiger partial charge in [-0.2, -0.15) is 0 Å². The largest absolute Gasteiger partial charge is 0.367 e. The van der Waals surface area contributed by atoms with Crippen molar-refractivity contribution < 1.29 is 4.79 Å². The molecule has 0 aliphatic heterocycles. The highest BCUT2D eigenvalue weighted by molar-refractivity contribution is 5.93. The van der Waals surface area contributed by atoms with Gasteiger partial charge >= 0.3 is 0 Å². The van der Waals surface area contributed by atoms with E-state index in [4.69, 9.17) is 0 Å². The number of nitrogens with one attached hydrogen (secondary N) is 2. The summed E-state index contributed by atoms with van der Waals surface area (Å²) in [4.78, 5) is 21.5. The van der Waals surface area contributed by atoms with Crippen molar-refractivity contribution in [2.45, 2.75) is 96.1 Å². The fourth-order valence-corrected chi connectivity index (χ4v) is 4.07. The highest BCUT2D eigenvalue weighted by Crippen LogP contribution is 2.21. The molecule has 0 unspecified atom stereocenters. The summed E-state index contributed by atoms with van der Waals surface area (Å²) >= 11 is 0. The van der Waals surface area contributed by atoms with E-state index in [0.717, 1.165) is 18.7 Å². The molecular weight excluding hydrogens is 312 g/mol. The number of anilines is 1. The Labute approximate surface area is 151 Å². The average molecular weight is 345 g/mol. The molecule has 0 atom stereocenters. The molecule has 0 bridgehead atoms. The molecule has 0 aromatic carbocycles. The Bertz CT molecular complexity index is 559. The lowest BCUT2D eigenvalue weighted by Crippen LogP contribution is -2.35. The number of aromatic nitrogens is 2. The molecule has 2 saturated carbocycles. The van der Waals surface area contributed by atoms with E-state index in [2.05, 4.69) is 20.6 Å². The first-order valence-corrected chi connectivity index (χ1v) is 10.1. The minimum absolute atomic E-state index is 0.0543. The van der Waals surface area contributed by atoms with Gasteiger partial charge in [0, 0.05) is 18.2 Å². The van der Waals surface area contributed by atoms with E-state index in [-0.39, 0.29) is 5.91 Å². The van der Waals surface area contributed by atoms with E-state index in [1.807, 2.05) is 13.0 Å². The van der Waals surface area contributed by atoms with Crippen LogP contribution in [0.15, 0.2) is 6.07 Å². The summed E-state index contributed by atoms with van der Waals surface area (Å²) in [5.74, 6) is 1.40. The van der Waals surface area contributed by atoms with E-state index in [0.29, 0.717) is 23.6 Å². The number of carbonyl (C=O) groups excluding carboxylic acids is 1. The summed E-state index contributed by atoms with van der Waals surface area (Å²) in [6.45, 7) is 1.86. The molecule has 5 heteroatoms. The molecule has 1 aromatic rings. The maximum absolute atomic E-state index is 12.6. The van der Waals surface area contributed by atoms with Crippen molar-refractivity contribution >= 4 is 11.7 Å². The molecule has 1 amide bonds. The summed E-state index contributed by atoms with van der Waals surface area (Å²) in [5.41, 5.74) is 0.493. The predicted molar refractivity (Wildman–Crippen MR) is 101 cm³/mol. The minimum Gasteiger partial charge on any atom is -0.367 e. The Balaban J connectivity index is 1.64. The Morgan fingerprint density at radius 1 is 0.880 bits per heavy atom. The third kappa shape index (κ3) is 5.68. The van der Waals surface area contributed by atoms with Crippen LogP contribution >= 0.6 is 0 Å². The lowest BCUT2D eigenvalue weighted by atomic mass is 10.1. The van der Waals surface area contributed by atoms with Crippen LogP contribution in [0.4, 0.5) is 5.82 Å². The highest BCUT2D eigenvalue weighted by Gasteiger charge is 2.19. The number of amides is 1. The second-order valence-corrected chi connectivity index (χ2v) is 7.68. The van der Waals surface area contributed by atoms with Crippen LogP contribution in [-0.2, 0) is 0 Å². The number of nitrogens with zero attached hydrogens (tertiary/aromatic N) is 2. The van der Waals surface area contributed by atoms with Crippen LogP contribution in [0, 0.1) is 6.92 Å². The molecular formula is C20H32N4O. The predicted octanol–water partition coefficient (Wildman–Crippen LogP) is 4.37. The highest BCUT2D eigenvalue weighted by atomic mass is 16.1. The van der Waals surface area contributed by atoms with Gasteiger partial charge in [-0.25, -0.2) is 9.97 Å². The standard InChI is InChI=1S/C20H32N4O/c1-15-21-18(20(25)24-17-12-8-4-5-9-13-17)14-19(22-15)23-16-10-6-2-3-7-11-16/h14,16-17H,2-13H2,1H3,(H,24,25)(H,21,22,23). The topological polar surface area (TPSA) is 66.9 Å². The fraction of sp³-hybridized carbons (Fsp3) is 0.750. The first kappa shape index (κ1) is 18.2. The summed E-state index contributed by atoms with van der Waals surface area (Å²) in [7, 11) is 0. The van der Waals surface area contributed by atoms with Gasteiger partial charge in [0.25, 0.3) is 5.91 Å². The van der Waals surface area contributed by atoms with Gasteiger partial charge in [0.1, 0.15) is 17.3 Å². The van der Waals surface area contributed by atoms with Crippen molar-refractivity contribution in [3.63, 3.8) is 0 Å². The van der Waals surface area contributed by atoms with Crippen LogP contribution in [0.1, 0.15) is 93.4 Å². The van der Waals surface area contributed by atoms with E-state index >= 15 is 0 Å². The maximum atomic E-state index is 12.6. The monoisotopic (exact) mass is 344 g/mol. The Morgan fingerprint density at radius 2 is 1.44 bits per heavy atom. The molecule has 0 saturated heterocycles. The van der Waals surface area contributed by atoms with Gasteiger partial charge in [0.15, 0.2) is 0 Å². The van der Waals surface area contributed by atoms with Gasteiger partial charge in [0.05, 0.1) is 0 Å². The molecule has 5 nitrogen and oxygen atoms in total. The third-order valence-corrected chi connectivity index (χ3v) is 5.47. The summed E-state index contributed by atoms with van der Waals surface area (Å²) in [6.07, 6.45) is 14.7. The smallest absolute Gasteiger partial charge is 0.270 e. The van der Waals surface area contributed by atoms with Gasteiger partial charge in [-0.3, -0.25) is 4.79 Å². The normalized spacial score (nSPS) is 20.5. The first-order chi connectivity index (χ1) is 12.2. The number of rotatable bonds is 4. The van der Waals surface area contributed by atoms with Crippen molar-refractivity contribution in [2.24, 2.45) is 0 Å². The summed E-state index contributed by atoms with van der Waals surface area (Å²) in [5, 5.41) is 6.73. The second kappa shape index (κ2) is 9.16. The molecule has 2 N–H and O–H groups in total. The number of carbonyl (C=O) groups is 1. The first-order valence-electron chi connectivity index (χ1n) is 10.1. The molecule has 2 fully saturated rings. The Hall–Kier alpha value is -1.65. The summed E-state index contributed by atoms with van der Waals surface area (Å²) in [6, 6.07) is 2.59. The van der Waals surface area contributed by atoms with Crippen molar-refractivity contribution in [1.82, 2.24) is 15.3 Å². The van der Waals surface area contributed by atoms with Crippen molar-refractivity contribution in [2.75, 3.05) is 5.32 Å². The van der Waals surface area contributed by atoms with Crippen LogP contribution in [0.3, 0.4) is 0 Å². The van der Waals surface area contributed by atoms with Crippen LogP contribution in [-0.4, -0.2) is 28.0 Å². The fourth-order valence-electron chi connectivity index (χ4n) is 4.07. The zero-order chi connectivity index (χ0) is 17.5. The maximum Gasteiger partial charge on any atom is 0.270 e. The van der Waals surface area contributed by atoms with E-state index in [9.17, 15) is 4.79 Å². The van der Waals surface area contributed by atoms with Crippen molar-refractivity contribution in [1.29, 1.82) is 0 Å². The Kier molecular flexibility index (Phi) is 6.65. The van der Waals surface area contributed by atoms with Gasteiger partial charge in [0.2, 0.25) is 0 Å². The Morgan fingerprint density at radius 3 is 2.04 bits per heavy atom. The van der Waals surface area contributed by atoms with Crippen LogP contribution in [0.5, 0.6) is 0 Å². The van der Waals surface area contributed by atoms with E-state index in [1.54, 1.807) is 0 Å². The van der Waals surface area contributed by atoms with Crippen LogP contribution < -0.4 is 10.6 Å². The van der Waals surface area contributed by atoms with E-state index in [1.165, 1.54) is 64.2 Å². The lowest BCUT2D eigenvalue weighted by molar-refractivity contribution is 0.0928. The van der Waals surface area contributed by atoms with E-state index < -0.39 is 0 Å². The SMILES string of the molecule is Cc1nc(NC2CCCCCC2)cc(C(=O)NC2CCCCCC2)n1. The second-order valence-electron chi connectivity index (χ2n) is 7.68. The van der Waals surface area contributed by atoms with Gasteiger partial charge in [-0.05, 0) is 32.6 Å². The molecule has 1 aromatic heterocycles. The molecule has 138 valence electrons. The van der Waals surface area contributed by atoms with Gasteiger partial charge in [-0.1, -0.05) is 51.4 Å². The zero-order valence-electron chi connectivity index (χ0n) is 15.5. The van der Waals surface area contributed by atoms with Crippen LogP contribution in [0.2, 0.25) is 0 Å². The minimum atomic E-state index is -0.0543. The quantitative estimate of drug-likeness (QED) is 0.796. The van der Waals surface area contributed by atoms with Crippen LogP contribution in [0.25, 0.3) is 0 Å². The van der Waals surface area contributed by atoms with Gasteiger partial charge < -0.3 is 10.6 Å². The number of hydrogen-bond acceptors (Lipinski definition) is 4. The number of hydrogen-bond donors (Lipinski definition) is 2. The molecule has 25 heavy (non-hydrogen) atoms. The molecule has 0 spiro atoms.